The summed E-state index contributed by atoms with van der Waals surface area (Å²) in [6.45, 7) is 7.05. The maximum atomic E-state index is 12.7. The lowest BCUT2D eigenvalue weighted by molar-refractivity contribution is -0.148. The van der Waals surface area contributed by atoms with E-state index < -0.39 is 11.4 Å². The molecule has 1 heterocycles. The quantitative estimate of drug-likeness (QED) is 0.665. The Hall–Kier alpha value is -3.28. The molecule has 1 aromatic heterocycles. The van der Waals surface area contributed by atoms with Crippen molar-refractivity contribution in [1.29, 1.82) is 0 Å². The molecule has 6 heteroatoms. The van der Waals surface area contributed by atoms with Gasteiger partial charge in [-0.1, -0.05) is 6.07 Å². The maximum Gasteiger partial charge on any atom is 0.312 e. The summed E-state index contributed by atoms with van der Waals surface area (Å²) < 4.78 is 16.8. The zero-order valence-electron chi connectivity index (χ0n) is 16.2. The van der Waals surface area contributed by atoms with Crippen LogP contribution in [0.25, 0.3) is 11.0 Å². The van der Waals surface area contributed by atoms with Gasteiger partial charge in [0, 0.05) is 6.07 Å². The highest BCUT2D eigenvalue weighted by Crippen LogP contribution is 2.26. The number of fused-ring (bicyclic) bond motifs is 1. The highest BCUT2D eigenvalue weighted by atomic mass is 16.5. The Morgan fingerprint density at radius 1 is 1.07 bits per heavy atom. The molecule has 6 nitrogen and oxygen atoms in total. The summed E-state index contributed by atoms with van der Waals surface area (Å²) in [6, 6.07) is 10.5. The van der Waals surface area contributed by atoms with Crippen LogP contribution in [0.4, 0.5) is 0 Å². The zero-order valence-corrected chi connectivity index (χ0v) is 16.2. The molecule has 0 saturated carbocycles. The second-order valence-electron chi connectivity index (χ2n) is 7.49. The molecule has 0 aliphatic carbocycles. The first kappa shape index (κ1) is 19.5. The standard InChI is InChI=1S/C22H22O6/c1-13-7-14(2)9-16(8-13)28-19-11-26-18-10-15(5-6-17(18)20(19)23)27-12-22(3,4)21(24)25/h5-11H,12H2,1-4H3,(H,24,25). The van der Waals surface area contributed by atoms with E-state index >= 15 is 0 Å². The van der Waals surface area contributed by atoms with E-state index in [2.05, 4.69) is 0 Å². The number of aliphatic carboxylic acids is 1. The van der Waals surface area contributed by atoms with E-state index in [4.69, 9.17) is 19.0 Å². The van der Waals surface area contributed by atoms with Crippen molar-refractivity contribution in [3.63, 3.8) is 0 Å². The minimum absolute atomic E-state index is 0.00796. The van der Waals surface area contributed by atoms with Crippen LogP contribution in [0.3, 0.4) is 0 Å². The molecule has 0 atom stereocenters. The molecular formula is C22H22O6. The Morgan fingerprint density at radius 3 is 2.39 bits per heavy atom. The smallest absolute Gasteiger partial charge is 0.312 e. The minimum atomic E-state index is -1.03. The third-order valence-electron chi connectivity index (χ3n) is 4.32. The van der Waals surface area contributed by atoms with Gasteiger partial charge in [-0.2, -0.15) is 0 Å². The van der Waals surface area contributed by atoms with Crippen LogP contribution in [0.5, 0.6) is 17.2 Å². The molecule has 3 rings (SSSR count). The average Bonchev–Trinajstić information content (AvgIpc) is 2.61. The molecule has 2 aromatic carbocycles. The third kappa shape index (κ3) is 4.17. The van der Waals surface area contributed by atoms with Gasteiger partial charge in [0.05, 0.1) is 10.8 Å². The van der Waals surface area contributed by atoms with Gasteiger partial charge in [0.25, 0.3) is 0 Å². The maximum absolute atomic E-state index is 12.7. The number of rotatable bonds is 6. The predicted octanol–water partition coefficient (Wildman–Crippen LogP) is 4.69. The van der Waals surface area contributed by atoms with Gasteiger partial charge in [0.1, 0.15) is 30.0 Å². The van der Waals surface area contributed by atoms with Crippen LogP contribution in [0.2, 0.25) is 0 Å². The Morgan fingerprint density at radius 2 is 1.75 bits per heavy atom. The minimum Gasteiger partial charge on any atom is -0.492 e. The van der Waals surface area contributed by atoms with Crippen LogP contribution < -0.4 is 14.9 Å². The molecule has 0 aliphatic heterocycles. The average molecular weight is 382 g/mol. The first-order chi connectivity index (χ1) is 13.2. The van der Waals surface area contributed by atoms with Crippen molar-refractivity contribution in [2.45, 2.75) is 27.7 Å². The number of carboxylic acid groups (broad SMARTS) is 1. The van der Waals surface area contributed by atoms with Crippen molar-refractivity contribution >= 4 is 16.9 Å². The summed E-state index contributed by atoms with van der Waals surface area (Å²) in [6.07, 6.45) is 1.27. The Labute approximate surface area is 162 Å². The monoisotopic (exact) mass is 382 g/mol. The first-order valence-corrected chi connectivity index (χ1v) is 8.84. The lowest BCUT2D eigenvalue weighted by atomic mass is 9.95. The second-order valence-corrected chi connectivity index (χ2v) is 7.49. The summed E-state index contributed by atoms with van der Waals surface area (Å²) in [5.41, 5.74) is 1.08. The normalized spacial score (nSPS) is 11.4. The molecule has 0 fully saturated rings. The van der Waals surface area contributed by atoms with E-state index in [9.17, 15) is 9.59 Å². The van der Waals surface area contributed by atoms with Crippen molar-refractivity contribution in [2.75, 3.05) is 6.61 Å². The molecule has 0 unspecified atom stereocenters. The van der Waals surface area contributed by atoms with E-state index in [-0.39, 0.29) is 17.8 Å². The van der Waals surface area contributed by atoms with Crippen LogP contribution in [0.15, 0.2) is 51.9 Å². The van der Waals surface area contributed by atoms with Gasteiger partial charge in [-0.3, -0.25) is 9.59 Å². The largest absolute Gasteiger partial charge is 0.492 e. The molecule has 1 N–H and O–H groups in total. The lowest BCUT2D eigenvalue weighted by Gasteiger charge is -2.19. The van der Waals surface area contributed by atoms with Gasteiger partial charge in [0.15, 0.2) is 0 Å². The van der Waals surface area contributed by atoms with Crippen LogP contribution in [0, 0.1) is 19.3 Å². The second kappa shape index (κ2) is 7.38. The lowest BCUT2D eigenvalue weighted by Crippen LogP contribution is -2.30. The number of ether oxygens (including phenoxy) is 2. The molecule has 3 aromatic rings. The van der Waals surface area contributed by atoms with Gasteiger partial charge in [-0.05, 0) is 63.1 Å². The van der Waals surface area contributed by atoms with E-state index in [1.165, 1.54) is 6.26 Å². The topological polar surface area (TPSA) is 86.0 Å². The fourth-order valence-corrected chi connectivity index (χ4v) is 2.70. The molecule has 146 valence electrons. The molecule has 28 heavy (non-hydrogen) atoms. The number of hydrogen-bond donors (Lipinski definition) is 1. The van der Waals surface area contributed by atoms with Crippen molar-refractivity contribution in [2.24, 2.45) is 5.41 Å². The molecule has 0 saturated heterocycles. The summed E-state index contributed by atoms with van der Waals surface area (Å²) in [5, 5.41) is 9.51. The van der Waals surface area contributed by atoms with Crippen LogP contribution in [-0.2, 0) is 4.79 Å². The number of hydrogen-bond acceptors (Lipinski definition) is 5. The van der Waals surface area contributed by atoms with E-state index in [0.29, 0.717) is 22.5 Å². The van der Waals surface area contributed by atoms with Gasteiger partial charge in [-0.25, -0.2) is 0 Å². The zero-order chi connectivity index (χ0) is 20.5. The predicted molar refractivity (Wildman–Crippen MR) is 105 cm³/mol. The summed E-state index contributed by atoms with van der Waals surface area (Å²) in [7, 11) is 0. The fourth-order valence-electron chi connectivity index (χ4n) is 2.70. The van der Waals surface area contributed by atoms with Gasteiger partial charge < -0.3 is 19.0 Å². The number of benzene rings is 2. The highest BCUT2D eigenvalue weighted by Gasteiger charge is 2.28. The van der Waals surface area contributed by atoms with E-state index in [1.54, 1.807) is 32.0 Å². The summed E-state index contributed by atoms with van der Waals surface area (Å²) >= 11 is 0. The van der Waals surface area contributed by atoms with Crippen molar-refractivity contribution in [3.05, 3.63) is 64.0 Å². The van der Waals surface area contributed by atoms with E-state index in [0.717, 1.165) is 11.1 Å². The van der Waals surface area contributed by atoms with E-state index in [1.807, 2.05) is 32.0 Å². The number of aryl methyl sites for hydroxylation is 2. The van der Waals surface area contributed by atoms with Crippen LogP contribution in [0.1, 0.15) is 25.0 Å². The van der Waals surface area contributed by atoms with Crippen molar-refractivity contribution in [3.8, 4) is 17.2 Å². The molecule has 0 spiro atoms. The Kier molecular flexibility index (Phi) is 5.14. The summed E-state index contributed by atoms with van der Waals surface area (Å²) in [4.78, 5) is 23.9. The van der Waals surface area contributed by atoms with Gasteiger partial charge in [0.2, 0.25) is 11.2 Å². The van der Waals surface area contributed by atoms with Crippen molar-refractivity contribution in [1.82, 2.24) is 0 Å². The molecule has 0 bridgehead atoms. The molecular weight excluding hydrogens is 360 g/mol. The highest BCUT2D eigenvalue weighted by molar-refractivity contribution is 5.79. The Bertz CT molecular complexity index is 1070. The molecule has 0 radical (unpaired) electrons. The fraction of sp³-hybridized carbons (Fsp3) is 0.273. The number of carbonyl (C=O) groups is 1. The third-order valence-corrected chi connectivity index (χ3v) is 4.32. The Balaban J connectivity index is 1.86. The van der Waals surface area contributed by atoms with Gasteiger partial charge >= 0.3 is 5.97 Å². The SMILES string of the molecule is Cc1cc(C)cc(Oc2coc3cc(OCC(C)(C)C(=O)O)ccc3c2=O)c1. The first-order valence-electron chi connectivity index (χ1n) is 8.84. The molecule has 0 amide bonds. The summed E-state index contributed by atoms with van der Waals surface area (Å²) in [5.74, 6) is 0.138. The number of carboxylic acids is 1. The van der Waals surface area contributed by atoms with Crippen LogP contribution >= 0.6 is 0 Å². The van der Waals surface area contributed by atoms with Crippen molar-refractivity contribution < 1.29 is 23.8 Å². The van der Waals surface area contributed by atoms with Gasteiger partial charge in [-0.15, -0.1) is 0 Å². The molecule has 0 aliphatic rings. The van der Waals surface area contributed by atoms with Crippen LogP contribution in [-0.4, -0.2) is 17.7 Å².